The maximum Gasteiger partial charge on any atom is 0.343 e. The molecule has 7 nitrogen and oxygen atoms in total. The van der Waals surface area contributed by atoms with Crippen LogP contribution < -0.4 is 19.6 Å². The van der Waals surface area contributed by atoms with Crippen molar-refractivity contribution in [3.63, 3.8) is 0 Å². The molecule has 160 valence electrons. The maximum atomic E-state index is 13.1. The van der Waals surface area contributed by atoms with Crippen LogP contribution in [0.2, 0.25) is 5.02 Å². The van der Waals surface area contributed by atoms with Crippen molar-refractivity contribution in [2.45, 2.75) is 13.8 Å². The van der Waals surface area contributed by atoms with E-state index in [1.807, 2.05) is 26.0 Å². The second kappa shape index (κ2) is 8.20. The van der Waals surface area contributed by atoms with Crippen LogP contribution in [0.1, 0.15) is 16.7 Å². The number of esters is 1. The van der Waals surface area contributed by atoms with E-state index in [-0.39, 0.29) is 22.9 Å². The van der Waals surface area contributed by atoms with Crippen LogP contribution in [-0.2, 0) is 9.53 Å². The predicted molar refractivity (Wildman–Crippen MR) is 121 cm³/mol. The number of fused-ring (bicyclic) bond motifs is 3. The van der Waals surface area contributed by atoms with Gasteiger partial charge in [0.15, 0.2) is 23.1 Å². The summed E-state index contributed by atoms with van der Waals surface area (Å²) in [4.78, 5) is 29.7. The molecule has 9 heteroatoms. The summed E-state index contributed by atoms with van der Waals surface area (Å²) in [6, 6.07) is 7.30. The predicted octanol–water partition coefficient (Wildman–Crippen LogP) is 3.29. The highest BCUT2D eigenvalue weighted by molar-refractivity contribution is 7.15. The number of methoxy groups -OCH3 is 2. The number of imidazole rings is 1. The highest BCUT2D eigenvalue weighted by Crippen LogP contribution is 2.36. The summed E-state index contributed by atoms with van der Waals surface area (Å²) in [6.45, 7) is 3.74. The van der Waals surface area contributed by atoms with Crippen LogP contribution in [0.4, 0.5) is 0 Å². The normalized spacial score (nSPS) is 12.0. The Kier molecular flexibility index (Phi) is 5.60. The monoisotopic (exact) mass is 458 g/mol. The number of carbonyl (C=O) groups is 1. The van der Waals surface area contributed by atoms with Gasteiger partial charge in [-0.05, 0) is 60.9 Å². The number of thiazole rings is 1. The van der Waals surface area contributed by atoms with E-state index in [0.29, 0.717) is 20.8 Å². The molecule has 4 aromatic rings. The lowest BCUT2D eigenvalue weighted by Gasteiger charge is -2.12. The Balaban J connectivity index is 1.80. The summed E-state index contributed by atoms with van der Waals surface area (Å²) in [6.07, 6.45) is 1.73. The van der Waals surface area contributed by atoms with E-state index in [9.17, 15) is 9.59 Å². The Morgan fingerprint density at radius 3 is 2.65 bits per heavy atom. The minimum absolute atomic E-state index is 0.146. The molecule has 0 atom stereocenters. The minimum atomic E-state index is -0.538. The zero-order valence-corrected chi connectivity index (χ0v) is 18.9. The van der Waals surface area contributed by atoms with Gasteiger partial charge in [0.05, 0.1) is 34.8 Å². The topological polar surface area (TPSA) is 79.1 Å². The molecule has 2 aromatic heterocycles. The molecule has 0 aliphatic heterocycles. The van der Waals surface area contributed by atoms with Crippen LogP contribution >= 0.6 is 22.9 Å². The summed E-state index contributed by atoms with van der Waals surface area (Å²) < 4.78 is 17.5. The number of ether oxygens (including phenoxy) is 3. The van der Waals surface area contributed by atoms with Crippen molar-refractivity contribution < 1.29 is 19.0 Å². The molecule has 0 amide bonds. The number of rotatable bonds is 5. The summed E-state index contributed by atoms with van der Waals surface area (Å²) in [7, 11) is 2.74. The van der Waals surface area contributed by atoms with Crippen molar-refractivity contribution in [1.82, 2.24) is 9.38 Å². The minimum Gasteiger partial charge on any atom is -0.493 e. The first-order valence-electron chi connectivity index (χ1n) is 9.33. The van der Waals surface area contributed by atoms with Crippen LogP contribution in [0.3, 0.4) is 0 Å². The fraction of sp³-hybridized carbons (Fsp3) is 0.227. The standard InChI is InChI=1S/C22H19ClN2O5S/c1-11-5-15-16(6-12(11)2)25-21(27)18(31-22(25)24-15)9-13-7-14(23)20(17(8-13)28-3)30-10-19(26)29-4/h5-9H,10H2,1-4H3/b18-9-. The molecule has 4 rings (SSSR count). The molecule has 0 N–H and O–H groups in total. The number of hydrogen-bond acceptors (Lipinski definition) is 7. The van der Waals surface area contributed by atoms with Crippen molar-refractivity contribution >= 4 is 51.0 Å². The molecule has 0 unspecified atom stereocenters. The van der Waals surface area contributed by atoms with Crippen molar-refractivity contribution in [2.24, 2.45) is 0 Å². The molecule has 2 heterocycles. The van der Waals surface area contributed by atoms with Gasteiger partial charge in [0, 0.05) is 0 Å². The van der Waals surface area contributed by atoms with Crippen molar-refractivity contribution in [3.05, 3.63) is 60.9 Å². The third-order valence-electron chi connectivity index (χ3n) is 4.97. The number of benzene rings is 2. The molecule has 0 saturated carbocycles. The molecule has 31 heavy (non-hydrogen) atoms. The number of aryl methyl sites for hydroxylation is 2. The van der Waals surface area contributed by atoms with Gasteiger partial charge in [-0.15, -0.1) is 0 Å². The smallest absolute Gasteiger partial charge is 0.343 e. The highest BCUT2D eigenvalue weighted by atomic mass is 35.5. The molecular weight excluding hydrogens is 440 g/mol. The molecule has 0 aliphatic carbocycles. The lowest BCUT2D eigenvalue weighted by molar-refractivity contribution is -0.142. The van der Waals surface area contributed by atoms with Gasteiger partial charge in [0.2, 0.25) is 0 Å². The van der Waals surface area contributed by atoms with Gasteiger partial charge in [-0.1, -0.05) is 22.9 Å². The van der Waals surface area contributed by atoms with Crippen molar-refractivity contribution in [3.8, 4) is 11.5 Å². The molecule has 0 fully saturated rings. The van der Waals surface area contributed by atoms with Crippen molar-refractivity contribution in [2.75, 3.05) is 20.8 Å². The van der Waals surface area contributed by atoms with E-state index in [1.54, 1.807) is 22.6 Å². The van der Waals surface area contributed by atoms with Gasteiger partial charge in [-0.2, -0.15) is 0 Å². The zero-order chi connectivity index (χ0) is 22.3. The van der Waals surface area contributed by atoms with Crippen molar-refractivity contribution in [1.29, 1.82) is 0 Å². The van der Waals surface area contributed by atoms with Crippen LogP contribution in [0, 0.1) is 13.8 Å². The molecular formula is C22H19ClN2O5S. The van der Waals surface area contributed by atoms with Crippen LogP contribution in [0.15, 0.2) is 29.1 Å². The second-order valence-electron chi connectivity index (χ2n) is 6.97. The van der Waals surface area contributed by atoms with E-state index in [2.05, 4.69) is 9.72 Å². The second-order valence-corrected chi connectivity index (χ2v) is 8.39. The molecule has 0 saturated heterocycles. The lowest BCUT2D eigenvalue weighted by atomic mass is 10.1. The molecule has 0 spiro atoms. The summed E-state index contributed by atoms with van der Waals surface area (Å²) in [5, 5.41) is 0.250. The average molecular weight is 459 g/mol. The van der Waals surface area contributed by atoms with E-state index in [4.69, 9.17) is 21.1 Å². The first kappa shape index (κ1) is 21.1. The molecule has 2 aromatic carbocycles. The van der Waals surface area contributed by atoms with E-state index >= 15 is 0 Å². The summed E-state index contributed by atoms with van der Waals surface area (Å²) in [5.41, 5.74) is 4.34. The number of carbonyl (C=O) groups excluding carboxylic acids is 1. The van der Waals surface area contributed by atoms with Gasteiger partial charge in [0.1, 0.15) is 0 Å². The fourth-order valence-corrected chi connectivity index (χ4v) is 4.48. The van der Waals surface area contributed by atoms with Crippen LogP contribution in [-0.4, -0.2) is 36.2 Å². The zero-order valence-electron chi connectivity index (χ0n) is 17.3. The van der Waals surface area contributed by atoms with Gasteiger partial charge < -0.3 is 14.2 Å². The highest BCUT2D eigenvalue weighted by Gasteiger charge is 2.15. The molecule has 0 radical (unpaired) electrons. The number of halogens is 1. The summed E-state index contributed by atoms with van der Waals surface area (Å²) >= 11 is 7.65. The lowest BCUT2D eigenvalue weighted by Crippen LogP contribution is -2.22. The Hall–Kier alpha value is -3.10. The Morgan fingerprint density at radius 1 is 1.19 bits per heavy atom. The van der Waals surface area contributed by atoms with E-state index in [0.717, 1.165) is 22.2 Å². The van der Waals surface area contributed by atoms with Gasteiger partial charge in [0.25, 0.3) is 5.56 Å². The maximum absolute atomic E-state index is 13.1. The average Bonchev–Trinajstić information content (AvgIpc) is 3.22. The Morgan fingerprint density at radius 2 is 1.94 bits per heavy atom. The summed E-state index contributed by atoms with van der Waals surface area (Å²) in [5.74, 6) is 0.0317. The third-order valence-corrected chi connectivity index (χ3v) is 6.22. The van der Waals surface area contributed by atoms with Crippen LogP contribution in [0.25, 0.3) is 22.1 Å². The third kappa shape index (κ3) is 3.84. The quantitative estimate of drug-likeness (QED) is 0.427. The van der Waals surface area contributed by atoms with Gasteiger partial charge >= 0.3 is 5.97 Å². The Labute approximate surface area is 186 Å². The van der Waals surface area contributed by atoms with E-state index < -0.39 is 5.97 Å². The van der Waals surface area contributed by atoms with E-state index in [1.165, 1.54) is 25.6 Å². The fourth-order valence-electron chi connectivity index (χ4n) is 3.22. The Bertz CT molecular complexity index is 1440. The number of hydrogen-bond donors (Lipinski definition) is 0. The first-order valence-corrected chi connectivity index (χ1v) is 10.5. The largest absolute Gasteiger partial charge is 0.493 e. The van der Waals surface area contributed by atoms with Gasteiger partial charge in [-0.25, -0.2) is 14.2 Å². The number of aromatic nitrogens is 2. The van der Waals surface area contributed by atoms with Gasteiger partial charge in [-0.3, -0.25) is 4.79 Å². The molecule has 0 bridgehead atoms. The number of nitrogens with zero attached hydrogens (tertiary/aromatic N) is 2. The van der Waals surface area contributed by atoms with Crippen LogP contribution in [0.5, 0.6) is 11.5 Å². The SMILES string of the molecule is COC(=O)COc1c(Cl)cc(/C=c2\sc3nc4cc(C)c(C)cc4n3c2=O)cc1OC. The molecule has 0 aliphatic rings. The first-order chi connectivity index (χ1) is 14.8.